The van der Waals surface area contributed by atoms with Gasteiger partial charge in [-0.15, -0.1) is 0 Å². The first kappa shape index (κ1) is 12.2. The number of hydrogen-bond acceptors (Lipinski definition) is 6. The number of aliphatic hydroxyl groups excluding tert-OH is 3. The Labute approximate surface area is 71.6 Å². The lowest BCUT2D eigenvalue weighted by Crippen LogP contribution is -2.37. The highest BCUT2D eigenvalue weighted by Gasteiger charge is 2.28. The first-order chi connectivity index (χ1) is 5.74. The van der Waals surface area contributed by atoms with Gasteiger partial charge in [-0.05, 0) is 0 Å². The summed E-state index contributed by atoms with van der Waals surface area (Å²) in [4.78, 5) is 0. The van der Waals surface area contributed by atoms with Crippen LogP contribution < -0.4 is 0 Å². The molecule has 0 aliphatic rings. The zero-order chi connectivity index (χ0) is 9.45. The maximum atomic E-state index is 8.78. The van der Waals surface area contributed by atoms with Crippen molar-refractivity contribution in [3.05, 3.63) is 0 Å². The van der Waals surface area contributed by atoms with E-state index in [9.17, 15) is 0 Å². The molecule has 6 nitrogen and oxygen atoms in total. The molecule has 7 heteroatoms. The van der Waals surface area contributed by atoms with Crippen LogP contribution in [0.25, 0.3) is 0 Å². The Hall–Kier alpha value is 0.190. The molecule has 0 bridgehead atoms. The number of aliphatic hydroxyl groups is 3. The Morgan fingerprint density at radius 1 is 1.08 bits per heavy atom. The number of rotatable bonds is 7. The van der Waals surface area contributed by atoms with Crippen molar-refractivity contribution in [3.8, 4) is 0 Å². The fraction of sp³-hybridized carbons (Fsp3) is 1.00. The molecule has 0 radical (unpaired) electrons. The quantitative estimate of drug-likeness (QED) is 0.181. The van der Waals surface area contributed by atoms with Crippen LogP contribution in [0.5, 0.6) is 0 Å². The fourth-order valence-electron chi connectivity index (χ4n) is 0.496. The molecular weight excluding hydrogens is 187 g/mol. The molecule has 12 heavy (non-hydrogen) atoms. The summed E-state index contributed by atoms with van der Waals surface area (Å²) in [6, 6.07) is 0. The van der Waals surface area contributed by atoms with Crippen LogP contribution in [-0.4, -0.2) is 47.0 Å². The minimum atomic E-state index is -1.06. The second-order valence-electron chi connectivity index (χ2n) is 2.44. The van der Waals surface area contributed by atoms with Crippen molar-refractivity contribution < 1.29 is 29.8 Å². The van der Waals surface area contributed by atoms with Crippen molar-refractivity contribution in [1.29, 1.82) is 0 Å². The summed E-state index contributed by atoms with van der Waals surface area (Å²) in [5, 5.41) is 34.2. The predicted molar refractivity (Wildman–Crippen MR) is 41.7 cm³/mol. The van der Waals surface area contributed by atoms with E-state index in [0.29, 0.717) is 0 Å². The van der Waals surface area contributed by atoms with Crippen molar-refractivity contribution in [3.63, 3.8) is 0 Å². The van der Waals surface area contributed by atoms with E-state index in [-0.39, 0.29) is 6.61 Å². The van der Waals surface area contributed by atoms with Gasteiger partial charge in [0.15, 0.2) is 9.03 Å². The highest BCUT2D eigenvalue weighted by atomic mass is 31.1. The normalized spacial score (nSPS) is 13.0. The lowest BCUT2D eigenvalue weighted by molar-refractivity contribution is -0.136. The molecule has 0 saturated heterocycles. The third-order valence-electron chi connectivity index (χ3n) is 1.48. The van der Waals surface area contributed by atoms with Crippen molar-refractivity contribution in [2.75, 3.05) is 26.4 Å². The second-order valence-corrected chi connectivity index (χ2v) is 3.08. The van der Waals surface area contributed by atoms with Gasteiger partial charge in [0, 0.05) is 0 Å². The third-order valence-corrected chi connectivity index (χ3v) is 1.82. The molecule has 4 N–H and O–H groups in total. The fourth-order valence-corrected chi connectivity index (χ4v) is 0.914. The first-order valence-corrected chi connectivity index (χ1v) is 4.06. The minimum Gasteiger partial charge on any atom is -0.396 e. The molecule has 0 heterocycles. The summed E-state index contributed by atoms with van der Waals surface area (Å²) < 4.78 is 8.33. The molecule has 1 unspecified atom stereocenters. The maximum Gasteiger partial charge on any atom is 0.194 e. The lowest BCUT2D eigenvalue weighted by atomic mass is 9.93. The van der Waals surface area contributed by atoms with Crippen LogP contribution in [0.15, 0.2) is 0 Å². The Morgan fingerprint density at radius 2 is 1.58 bits per heavy atom. The van der Waals surface area contributed by atoms with Crippen LogP contribution in [0.1, 0.15) is 0 Å². The molecule has 0 fully saturated rings. The van der Waals surface area contributed by atoms with Crippen molar-refractivity contribution in [1.82, 2.24) is 0 Å². The minimum absolute atomic E-state index is 0.0739. The van der Waals surface area contributed by atoms with Gasteiger partial charge in [0.1, 0.15) is 0 Å². The molecule has 0 aliphatic heterocycles. The second kappa shape index (κ2) is 6.68. The van der Waals surface area contributed by atoms with Gasteiger partial charge in [-0.1, -0.05) is 0 Å². The van der Waals surface area contributed by atoms with Gasteiger partial charge in [-0.3, -0.25) is 0 Å². The zero-order valence-electron chi connectivity index (χ0n) is 6.43. The van der Waals surface area contributed by atoms with Crippen LogP contribution >= 0.6 is 9.03 Å². The van der Waals surface area contributed by atoms with Gasteiger partial charge >= 0.3 is 0 Å². The highest BCUT2D eigenvalue weighted by Crippen LogP contribution is 2.21. The molecule has 0 spiro atoms. The van der Waals surface area contributed by atoms with Crippen LogP contribution in [0.3, 0.4) is 0 Å². The topological polar surface area (TPSA) is 99.4 Å². The summed E-state index contributed by atoms with van der Waals surface area (Å²) in [6.45, 7) is -1.25. The van der Waals surface area contributed by atoms with Gasteiger partial charge < -0.3 is 19.8 Å². The standard InChI is InChI=1S/C5H13O6P/c6-1-5(2-7,3-8)4-10-12-11-9/h6-9,12H,1-4H2. The van der Waals surface area contributed by atoms with E-state index in [1.807, 2.05) is 0 Å². The van der Waals surface area contributed by atoms with Gasteiger partial charge in [-0.25, -0.2) is 5.26 Å². The van der Waals surface area contributed by atoms with Crippen LogP contribution in [0, 0.1) is 5.41 Å². The highest BCUT2D eigenvalue weighted by molar-refractivity contribution is 7.26. The lowest BCUT2D eigenvalue weighted by Gasteiger charge is -2.25. The molecule has 1 atom stereocenters. The maximum absolute atomic E-state index is 8.78. The molecule has 0 rings (SSSR count). The third kappa shape index (κ3) is 3.73. The molecule has 0 aromatic heterocycles. The SMILES string of the molecule is OCC(CO)(CO)COPOO. The smallest absolute Gasteiger partial charge is 0.194 e. The summed E-state index contributed by atoms with van der Waals surface area (Å²) in [6.07, 6.45) is 0. The molecule has 0 amide bonds. The average Bonchev–Trinajstić information content (AvgIpc) is 2.14. The van der Waals surface area contributed by atoms with Gasteiger partial charge in [-0.2, -0.15) is 4.67 Å². The summed E-state index contributed by atoms with van der Waals surface area (Å²) >= 11 is 0. The van der Waals surface area contributed by atoms with Crippen molar-refractivity contribution >= 4 is 9.03 Å². The molecule has 74 valence electrons. The Bertz CT molecular complexity index is 97.8. The molecule has 0 aliphatic carbocycles. The van der Waals surface area contributed by atoms with E-state index < -0.39 is 34.3 Å². The van der Waals surface area contributed by atoms with Gasteiger partial charge in [0.05, 0.1) is 31.8 Å². The van der Waals surface area contributed by atoms with E-state index >= 15 is 0 Å². The van der Waals surface area contributed by atoms with E-state index in [1.165, 1.54) is 0 Å². The van der Waals surface area contributed by atoms with E-state index in [4.69, 9.17) is 25.1 Å². The van der Waals surface area contributed by atoms with E-state index in [2.05, 4.69) is 4.67 Å². The van der Waals surface area contributed by atoms with Crippen LogP contribution in [-0.2, 0) is 9.20 Å². The Balaban J connectivity index is 3.76. The molecule has 0 saturated carbocycles. The summed E-state index contributed by atoms with van der Waals surface area (Å²) in [5.41, 5.74) is -1.06. The van der Waals surface area contributed by atoms with Crippen molar-refractivity contribution in [2.24, 2.45) is 5.41 Å². The summed E-state index contributed by atoms with van der Waals surface area (Å²) in [7, 11) is -0.580. The Kier molecular flexibility index (Phi) is 6.78. The van der Waals surface area contributed by atoms with E-state index in [0.717, 1.165) is 0 Å². The summed E-state index contributed by atoms with van der Waals surface area (Å²) in [5.74, 6) is 0. The van der Waals surface area contributed by atoms with Crippen LogP contribution in [0.4, 0.5) is 0 Å². The zero-order valence-corrected chi connectivity index (χ0v) is 7.43. The first-order valence-electron chi connectivity index (χ1n) is 3.24. The monoisotopic (exact) mass is 200 g/mol. The van der Waals surface area contributed by atoms with Crippen molar-refractivity contribution in [2.45, 2.75) is 0 Å². The molecular formula is C5H13O6P. The predicted octanol–water partition coefficient (Wildman–Crippen LogP) is -1.04. The average molecular weight is 200 g/mol. The number of hydrogen-bond donors (Lipinski definition) is 4. The Morgan fingerprint density at radius 3 is 1.92 bits per heavy atom. The van der Waals surface area contributed by atoms with Gasteiger partial charge in [0.25, 0.3) is 0 Å². The largest absolute Gasteiger partial charge is 0.396 e. The van der Waals surface area contributed by atoms with Crippen LogP contribution in [0.2, 0.25) is 0 Å². The van der Waals surface area contributed by atoms with Gasteiger partial charge in [0.2, 0.25) is 0 Å². The molecule has 0 aromatic rings. The molecule has 0 aromatic carbocycles. The van der Waals surface area contributed by atoms with E-state index in [1.54, 1.807) is 0 Å².